The number of methoxy groups -OCH3 is 1. The largest absolute Gasteiger partial charge is 0.478 e. The second kappa shape index (κ2) is 6.92. The number of rotatable bonds is 4. The summed E-state index contributed by atoms with van der Waals surface area (Å²) >= 11 is 3.38. The normalized spacial score (nSPS) is 10.9. The summed E-state index contributed by atoms with van der Waals surface area (Å²) in [6.45, 7) is 3.70. The van der Waals surface area contributed by atoms with Crippen LogP contribution in [0.5, 0.6) is 0 Å². The van der Waals surface area contributed by atoms with Crippen LogP contribution in [0.15, 0.2) is 34.8 Å². The lowest BCUT2D eigenvalue weighted by Crippen LogP contribution is -2.10. The number of carbonyl (C=O) groups is 2. The third-order valence-corrected chi connectivity index (χ3v) is 4.95. The number of esters is 1. The van der Waals surface area contributed by atoms with Crippen LogP contribution in [0.1, 0.15) is 39.0 Å². The SMILES string of the molecule is CCc1ccc2c(-c3ccc(C(=O)OC)c(Br)c3)c(C(=O)O)c(C)nn12. The average molecular weight is 417 g/mol. The molecule has 26 heavy (non-hydrogen) atoms. The molecular weight excluding hydrogens is 400 g/mol. The van der Waals surface area contributed by atoms with Gasteiger partial charge in [-0.05, 0) is 59.1 Å². The van der Waals surface area contributed by atoms with E-state index in [1.54, 1.807) is 29.6 Å². The van der Waals surface area contributed by atoms with E-state index < -0.39 is 11.9 Å². The molecule has 0 saturated carbocycles. The summed E-state index contributed by atoms with van der Waals surface area (Å²) in [4.78, 5) is 23.7. The van der Waals surface area contributed by atoms with Gasteiger partial charge in [0.1, 0.15) is 0 Å². The van der Waals surface area contributed by atoms with E-state index >= 15 is 0 Å². The van der Waals surface area contributed by atoms with Crippen LogP contribution in [0.25, 0.3) is 16.6 Å². The molecule has 2 heterocycles. The molecule has 1 aromatic carbocycles. The Hall–Kier alpha value is -2.67. The number of carboxylic acid groups (broad SMARTS) is 1. The number of hydrogen-bond acceptors (Lipinski definition) is 4. The summed E-state index contributed by atoms with van der Waals surface area (Å²) in [6, 6.07) is 8.87. The standard InChI is InChI=1S/C19H17BrN2O4/c1-4-12-6-8-15-17(16(18(23)24)10(2)21-22(12)15)11-5-7-13(14(20)9-11)19(25)26-3/h5-9H,4H2,1-3H3,(H,23,24). The molecule has 3 aromatic rings. The van der Waals surface area contributed by atoms with E-state index in [-0.39, 0.29) is 5.56 Å². The van der Waals surface area contributed by atoms with Gasteiger partial charge in [-0.2, -0.15) is 5.10 Å². The van der Waals surface area contributed by atoms with Gasteiger partial charge in [0, 0.05) is 15.7 Å². The Morgan fingerprint density at radius 2 is 2.00 bits per heavy atom. The molecule has 3 rings (SSSR count). The van der Waals surface area contributed by atoms with Gasteiger partial charge in [-0.3, -0.25) is 0 Å². The first-order valence-corrected chi connectivity index (χ1v) is 8.81. The fourth-order valence-electron chi connectivity index (χ4n) is 3.05. The van der Waals surface area contributed by atoms with Crippen LogP contribution in [0, 0.1) is 6.92 Å². The smallest absolute Gasteiger partial charge is 0.339 e. The van der Waals surface area contributed by atoms with E-state index in [1.807, 2.05) is 19.1 Å². The molecular formula is C19H17BrN2O4. The van der Waals surface area contributed by atoms with Gasteiger partial charge in [0.2, 0.25) is 0 Å². The molecule has 0 spiro atoms. The fraction of sp³-hybridized carbons (Fsp3) is 0.211. The average Bonchev–Trinajstić information content (AvgIpc) is 3.01. The minimum atomic E-state index is -1.04. The highest BCUT2D eigenvalue weighted by Crippen LogP contribution is 2.34. The predicted octanol–water partition coefficient (Wildman–Crippen LogP) is 4.12. The summed E-state index contributed by atoms with van der Waals surface area (Å²) in [5, 5.41) is 14.2. The third kappa shape index (κ3) is 2.88. The molecule has 0 aliphatic rings. The Labute approximate surface area is 158 Å². The van der Waals surface area contributed by atoms with Crippen LogP contribution >= 0.6 is 15.9 Å². The summed E-state index contributed by atoms with van der Waals surface area (Å²) in [5.41, 5.74) is 3.91. The van der Waals surface area contributed by atoms with E-state index in [1.165, 1.54) is 7.11 Å². The number of nitrogens with zero attached hydrogens (tertiary/aromatic N) is 2. The zero-order valence-electron chi connectivity index (χ0n) is 14.5. The Bertz CT molecular complexity index is 1040. The van der Waals surface area contributed by atoms with Crippen molar-refractivity contribution in [3.8, 4) is 11.1 Å². The molecule has 1 N–H and O–H groups in total. The van der Waals surface area contributed by atoms with Crippen molar-refractivity contribution < 1.29 is 19.4 Å². The molecule has 0 saturated heterocycles. The van der Waals surface area contributed by atoms with Gasteiger partial charge in [-0.15, -0.1) is 0 Å². The van der Waals surface area contributed by atoms with E-state index in [4.69, 9.17) is 4.74 Å². The lowest BCUT2D eigenvalue weighted by Gasteiger charge is -2.14. The lowest BCUT2D eigenvalue weighted by molar-refractivity contribution is 0.0598. The van der Waals surface area contributed by atoms with Gasteiger partial charge in [-0.25, -0.2) is 14.1 Å². The van der Waals surface area contributed by atoms with Crippen molar-refractivity contribution in [2.45, 2.75) is 20.3 Å². The van der Waals surface area contributed by atoms with Crippen LogP contribution in [0.2, 0.25) is 0 Å². The van der Waals surface area contributed by atoms with Gasteiger partial charge < -0.3 is 9.84 Å². The summed E-state index contributed by atoms with van der Waals surface area (Å²) < 4.78 is 7.07. The number of aryl methyl sites for hydroxylation is 2. The molecule has 0 aliphatic heterocycles. The number of carbonyl (C=O) groups excluding carboxylic acids is 1. The number of hydrogen-bond donors (Lipinski definition) is 1. The molecule has 0 amide bonds. The van der Waals surface area contributed by atoms with Crippen LogP contribution in [0.4, 0.5) is 0 Å². The number of aromatic nitrogens is 2. The molecule has 0 radical (unpaired) electrons. The minimum absolute atomic E-state index is 0.149. The van der Waals surface area contributed by atoms with Gasteiger partial charge in [-0.1, -0.05) is 13.0 Å². The number of ether oxygens (including phenoxy) is 1. The van der Waals surface area contributed by atoms with E-state index in [9.17, 15) is 14.7 Å². The number of halogens is 1. The molecule has 7 heteroatoms. The van der Waals surface area contributed by atoms with Crippen molar-refractivity contribution in [2.24, 2.45) is 0 Å². The first kappa shape index (κ1) is 18.1. The van der Waals surface area contributed by atoms with Crippen molar-refractivity contribution in [2.75, 3.05) is 7.11 Å². The maximum absolute atomic E-state index is 11.9. The molecule has 0 fully saturated rings. The van der Waals surface area contributed by atoms with Gasteiger partial charge in [0.15, 0.2) is 0 Å². The van der Waals surface area contributed by atoms with Gasteiger partial charge in [0.25, 0.3) is 0 Å². The minimum Gasteiger partial charge on any atom is -0.478 e. The first-order valence-electron chi connectivity index (χ1n) is 8.01. The van der Waals surface area contributed by atoms with E-state index in [2.05, 4.69) is 21.0 Å². The van der Waals surface area contributed by atoms with Gasteiger partial charge in [0.05, 0.1) is 29.4 Å². The van der Waals surface area contributed by atoms with E-state index in [0.29, 0.717) is 32.4 Å². The number of carboxylic acids is 1. The summed E-state index contributed by atoms with van der Waals surface area (Å²) in [6.07, 6.45) is 0.775. The fourth-order valence-corrected chi connectivity index (χ4v) is 3.60. The maximum Gasteiger partial charge on any atom is 0.339 e. The number of aromatic carboxylic acids is 1. The Morgan fingerprint density at radius 3 is 2.58 bits per heavy atom. The third-order valence-electron chi connectivity index (χ3n) is 4.29. The van der Waals surface area contributed by atoms with Crippen molar-refractivity contribution in [3.05, 3.63) is 57.3 Å². The zero-order valence-corrected chi connectivity index (χ0v) is 16.1. The van der Waals surface area contributed by atoms with Crippen molar-refractivity contribution >= 4 is 33.4 Å². The van der Waals surface area contributed by atoms with Crippen LogP contribution in [-0.2, 0) is 11.2 Å². The molecule has 134 valence electrons. The molecule has 0 aliphatic carbocycles. The summed E-state index contributed by atoms with van der Waals surface area (Å²) in [5.74, 6) is -1.51. The van der Waals surface area contributed by atoms with Gasteiger partial charge >= 0.3 is 11.9 Å². The lowest BCUT2D eigenvalue weighted by atomic mass is 9.97. The number of benzene rings is 1. The number of fused-ring (bicyclic) bond motifs is 1. The highest BCUT2D eigenvalue weighted by molar-refractivity contribution is 9.10. The zero-order chi connectivity index (χ0) is 19.0. The Kier molecular flexibility index (Phi) is 4.82. The Morgan fingerprint density at radius 1 is 1.27 bits per heavy atom. The topological polar surface area (TPSA) is 80.9 Å². The second-order valence-corrected chi connectivity index (χ2v) is 6.66. The quantitative estimate of drug-likeness (QED) is 0.646. The van der Waals surface area contributed by atoms with E-state index in [0.717, 1.165) is 12.1 Å². The molecule has 0 unspecified atom stereocenters. The second-order valence-electron chi connectivity index (χ2n) is 5.80. The molecule has 6 nitrogen and oxygen atoms in total. The first-order chi connectivity index (χ1) is 12.4. The van der Waals surface area contributed by atoms with Crippen molar-refractivity contribution in [3.63, 3.8) is 0 Å². The van der Waals surface area contributed by atoms with Crippen LogP contribution < -0.4 is 0 Å². The summed E-state index contributed by atoms with van der Waals surface area (Å²) in [7, 11) is 1.31. The Balaban J connectivity index is 2.34. The van der Waals surface area contributed by atoms with Crippen molar-refractivity contribution in [1.82, 2.24) is 9.61 Å². The predicted molar refractivity (Wildman–Crippen MR) is 101 cm³/mol. The maximum atomic E-state index is 11.9. The van der Waals surface area contributed by atoms with Crippen LogP contribution in [0.3, 0.4) is 0 Å². The molecule has 0 atom stereocenters. The highest BCUT2D eigenvalue weighted by Gasteiger charge is 2.22. The highest BCUT2D eigenvalue weighted by atomic mass is 79.9. The van der Waals surface area contributed by atoms with Crippen molar-refractivity contribution in [1.29, 1.82) is 0 Å². The van der Waals surface area contributed by atoms with Crippen LogP contribution in [-0.4, -0.2) is 33.8 Å². The monoisotopic (exact) mass is 416 g/mol. The molecule has 0 bridgehead atoms. The molecule has 2 aromatic heterocycles.